The third kappa shape index (κ3) is 9.33. The average Bonchev–Trinajstić information content (AvgIpc) is 2.28. The van der Waals surface area contributed by atoms with Gasteiger partial charge in [0.15, 0.2) is 0 Å². The SMILES string of the molecule is C=CC(CCCCN(CCC)CC(C)O)OC. The van der Waals surface area contributed by atoms with E-state index in [1.807, 2.05) is 13.0 Å². The zero-order chi connectivity index (χ0) is 13.1. The van der Waals surface area contributed by atoms with Gasteiger partial charge < -0.3 is 14.7 Å². The minimum absolute atomic E-state index is 0.186. The standard InChI is InChI=1S/C14H29NO2/c1-5-10-15(12-13(3)16)11-8-7-9-14(6-2)17-4/h6,13-14,16H,2,5,7-12H2,1,3-4H3. The Kier molecular flexibility index (Phi) is 10.5. The maximum atomic E-state index is 9.40. The molecule has 0 aliphatic heterocycles. The van der Waals surface area contributed by atoms with Crippen molar-refractivity contribution in [2.75, 3.05) is 26.7 Å². The molecule has 0 amide bonds. The molecule has 0 aliphatic rings. The van der Waals surface area contributed by atoms with Crippen molar-refractivity contribution in [2.24, 2.45) is 0 Å². The highest BCUT2D eigenvalue weighted by molar-refractivity contribution is 4.79. The van der Waals surface area contributed by atoms with E-state index in [1.54, 1.807) is 7.11 Å². The van der Waals surface area contributed by atoms with Crippen LogP contribution in [0.25, 0.3) is 0 Å². The Labute approximate surface area is 106 Å². The molecule has 2 atom stereocenters. The van der Waals surface area contributed by atoms with Crippen LogP contribution in [-0.2, 0) is 4.74 Å². The number of hydrogen-bond donors (Lipinski definition) is 1. The van der Waals surface area contributed by atoms with E-state index < -0.39 is 0 Å². The summed E-state index contributed by atoms with van der Waals surface area (Å²) in [6, 6.07) is 0. The van der Waals surface area contributed by atoms with Gasteiger partial charge in [-0.2, -0.15) is 0 Å². The van der Waals surface area contributed by atoms with Crippen molar-refractivity contribution < 1.29 is 9.84 Å². The molecule has 1 N–H and O–H groups in total. The van der Waals surface area contributed by atoms with Gasteiger partial charge in [0.2, 0.25) is 0 Å². The third-order valence-electron chi connectivity index (χ3n) is 2.84. The number of aliphatic hydroxyl groups is 1. The van der Waals surface area contributed by atoms with Crippen LogP contribution in [0, 0.1) is 0 Å². The van der Waals surface area contributed by atoms with Gasteiger partial charge in [0.05, 0.1) is 12.2 Å². The first-order valence-corrected chi connectivity index (χ1v) is 6.69. The van der Waals surface area contributed by atoms with Crippen LogP contribution in [0.5, 0.6) is 0 Å². The van der Waals surface area contributed by atoms with E-state index in [4.69, 9.17) is 4.74 Å². The lowest BCUT2D eigenvalue weighted by molar-refractivity contribution is 0.117. The number of rotatable bonds is 11. The number of aliphatic hydroxyl groups excluding tert-OH is 1. The largest absolute Gasteiger partial charge is 0.392 e. The summed E-state index contributed by atoms with van der Waals surface area (Å²) in [5, 5.41) is 9.40. The number of ether oxygens (including phenoxy) is 1. The fourth-order valence-corrected chi connectivity index (χ4v) is 2.00. The van der Waals surface area contributed by atoms with Gasteiger partial charge in [-0.1, -0.05) is 13.0 Å². The highest BCUT2D eigenvalue weighted by Gasteiger charge is 2.07. The molecule has 0 aromatic heterocycles. The highest BCUT2D eigenvalue weighted by atomic mass is 16.5. The third-order valence-corrected chi connectivity index (χ3v) is 2.84. The molecule has 0 saturated carbocycles. The Morgan fingerprint density at radius 3 is 2.53 bits per heavy atom. The van der Waals surface area contributed by atoms with Gasteiger partial charge in [-0.25, -0.2) is 0 Å². The Balaban J connectivity index is 3.69. The normalized spacial score (nSPS) is 14.9. The molecule has 0 radical (unpaired) electrons. The predicted octanol–water partition coefficient (Wildman–Crippen LogP) is 2.45. The molecule has 3 nitrogen and oxygen atoms in total. The smallest absolute Gasteiger partial charge is 0.0749 e. The van der Waals surface area contributed by atoms with Gasteiger partial charge in [0, 0.05) is 13.7 Å². The number of unbranched alkanes of at least 4 members (excludes halogenated alkanes) is 1. The van der Waals surface area contributed by atoms with E-state index >= 15 is 0 Å². The second-order valence-electron chi connectivity index (χ2n) is 4.66. The summed E-state index contributed by atoms with van der Waals surface area (Å²) in [5.74, 6) is 0. The Bertz CT molecular complexity index is 183. The van der Waals surface area contributed by atoms with Crippen LogP contribution in [0.2, 0.25) is 0 Å². The van der Waals surface area contributed by atoms with Crippen LogP contribution in [0.15, 0.2) is 12.7 Å². The van der Waals surface area contributed by atoms with Gasteiger partial charge in [-0.3, -0.25) is 0 Å². The lowest BCUT2D eigenvalue weighted by Crippen LogP contribution is -2.32. The van der Waals surface area contributed by atoms with E-state index in [0.717, 1.165) is 45.3 Å². The fraction of sp³-hybridized carbons (Fsp3) is 0.857. The monoisotopic (exact) mass is 243 g/mol. The second kappa shape index (κ2) is 10.8. The van der Waals surface area contributed by atoms with Crippen LogP contribution < -0.4 is 0 Å². The van der Waals surface area contributed by atoms with Crippen LogP contribution in [0.3, 0.4) is 0 Å². The van der Waals surface area contributed by atoms with E-state index in [9.17, 15) is 5.11 Å². The number of methoxy groups -OCH3 is 1. The summed E-state index contributed by atoms with van der Waals surface area (Å²) in [4.78, 5) is 2.33. The second-order valence-corrected chi connectivity index (χ2v) is 4.66. The molecule has 0 aromatic carbocycles. The van der Waals surface area contributed by atoms with Gasteiger partial charge in [0.1, 0.15) is 0 Å². The molecule has 0 saturated heterocycles. The predicted molar refractivity (Wildman–Crippen MR) is 73.3 cm³/mol. The zero-order valence-electron chi connectivity index (χ0n) is 11.7. The topological polar surface area (TPSA) is 32.7 Å². The quantitative estimate of drug-likeness (QED) is 0.447. The maximum absolute atomic E-state index is 9.40. The molecule has 0 aromatic rings. The summed E-state index contributed by atoms with van der Waals surface area (Å²) in [5.41, 5.74) is 0. The van der Waals surface area contributed by atoms with Gasteiger partial charge in [-0.15, -0.1) is 6.58 Å². The lowest BCUT2D eigenvalue weighted by Gasteiger charge is -2.23. The minimum atomic E-state index is -0.235. The van der Waals surface area contributed by atoms with Gasteiger partial charge in [-0.05, 0) is 45.7 Å². The summed E-state index contributed by atoms with van der Waals surface area (Å²) < 4.78 is 5.25. The van der Waals surface area contributed by atoms with Crippen molar-refractivity contribution in [2.45, 2.75) is 51.7 Å². The van der Waals surface area contributed by atoms with Gasteiger partial charge in [0.25, 0.3) is 0 Å². The Morgan fingerprint density at radius 1 is 1.35 bits per heavy atom. The fourth-order valence-electron chi connectivity index (χ4n) is 2.00. The molecular formula is C14H29NO2. The van der Waals surface area contributed by atoms with Gasteiger partial charge >= 0.3 is 0 Å². The first kappa shape index (κ1) is 16.6. The highest BCUT2D eigenvalue weighted by Crippen LogP contribution is 2.06. The number of hydrogen-bond acceptors (Lipinski definition) is 3. The molecule has 2 unspecified atom stereocenters. The molecule has 0 fully saturated rings. The molecule has 0 aliphatic carbocycles. The molecule has 3 heteroatoms. The van der Waals surface area contributed by atoms with E-state index in [2.05, 4.69) is 18.4 Å². The molecule has 0 rings (SSSR count). The van der Waals surface area contributed by atoms with Crippen LogP contribution in [0.4, 0.5) is 0 Å². The summed E-state index contributed by atoms with van der Waals surface area (Å²) in [6.45, 7) is 10.7. The molecule has 0 heterocycles. The van der Waals surface area contributed by atoms with Crippen LogP contribution in [-0.4, -0.2) is 49.0 Å². The number of nitrogens with zero attached hydrogens (tertiary/aromatic N) is 1. The van der Waals surface area contributed by atoms with Crippen molar-refractivity contribution in [3.05, 3.63) is 12.7 Å². The summed E-state index contributed by atoms with van der Waals surface area (Å²) in [7, 11) is 1.73. The summed E-state index contributed by atoms with van der Waals surface area (Å²) in [6.07, 6.45) is 6.28. The van der Waals surface area contributed by atoms with E-state index in [0.29, 0.717) is 0 Å². The van der Waals surface area contributed by atoms with Crippen molar-refractivity contribution in [3.63, 3.8) is 0 Å². The van der Waals surface area contributed by atoms with Crippen molar-refractivity contribution in [1.82, 2.24) is 4.90 Å². The zero-order valence-corrected chi connectivity index (χ0v) is 11.7. The molecule has 17 heavy (non-hydrogen) atoms. The lowest BCUT2D eigenvalue weighted by atomic mass is 10.1. The molecule has 0 bridgehead atoms. The molecule has 102 valence electrons. The molecule has 0 spiro atoms. The first-order chi connectivity index (χ1) is 8.13. The first-order valence-electron chi connectivity index (χ1n) is 6.69. The summed E-state index contributed by atoms with van der Waals surface area (Å²) >= 11 is 0. The van der Waals surface area contributed by atoms with Crippen molar-refractivity contribution in [3.8, 4) is 0 Å². The average molecular weight is 243 g/mol. The van der Waals surface area contributed by atoms with Crippen molar-refractivity contribution >= 4 is 0 Å². The van der Waals surface area contributed by atoms with E-state index in [1.165, 1.54) is 0 Å². The van der Waals surface area contributed by atoms with Crippen LogP contribution >= 0.6 is 0 Å². The maximum Gasteiger partial charge on any atom is 0.0749 e. The Morgan fingerprint density at radius 2 is 2.06 bits per heavy atom. The van der Waals surface area contributed by atoms with E-state index in [-0.39, 0.29) is 12.2 Å². The van der Waals surface area contributed by atoms with Crippen molar-refractivity contribution in [1.29, 1.82) is 0 Å². The minimum Gasteiger partial charge on any atom is -0.392 e. The molecular weight excluding hydrogens is 214 g/mol. The van der Waals surface area contributed by atoms with Crippen LogP contribution in [0.1, 0.15) is 39.5 Å². The Hall–Kier alpha value is -0.380.